The van der Waals surface area contributed by atoms with E-state index in [0.29, 0.717) is 12.1 Å². The van der Waals surface area contributed by atoms with Gasteiger partial charge in [-0.05, 0) is 37.5 Å². The van der Waals surface area contributed by atoms with E-state index in [1.807, 2.05) is 6.07 Å². The van der Waals surface area contributed by atoms with Crippen molar-refractivity contribution in [3.63, 3.8) is 0 Å². The summed E-state index contributed by atoms with van der Waals surface area (Å²) >= 11 is 9.79. The summed E-state index contributed by atoms with van der Waals surface area (Å²) in [6.07, 6.45) is 9.53. The van der Waals surface area contributed by atoms with E-state index >= 15 is 0 Å². The van der Waals surface area contributed by atoms with Gasteiger partial charge in [-0.3, -0.25) is 0 Å². The molecule has 1 aliphatic rings. The maximum Gasteiger partial charge on any atom is 0.0464 e. The van der Waals surface area contributed by atoms with Crippen LogP contribution in [0, 0.1) is 0 Å². The number of halogens is 2. The SMILES string of the molecule is CC(NC1CCCCCCC1)c1ccc(Br)cc1Cl. The monoisotopic (exact) mass is 343 g/mol. The topological polar surface area (TPSA) is 12.0 Å². The first-order chi connectivity index (χ1) is 9.16. The lowest BCUT2D eigenvalue weighted by Crippen LogP contribution is -2.32. The summed E-state index contributed by atoms with van der Waals surface area (Å²) in [4.78, 5) is 0. The number of hydrogen-bond acceptors (Lipinski definition) is 1. The van der Waals surface area contributed by atoms with Crippen molar-refractivity contribution >= 4 is 27.5 Å². The van der Waals surface area contributed by atoms with Crippen LogP contribution in [-0.2, 0) is 0 Å². The number of hydrogen-bond donors (Lipinski definition) is 1. The molecule has 0 bridgehead atoms. The third-order valence-corrected chi connectivity index (χ3v) is 4.84. The Bertz CT molecular complexity index is 400. The molecule has 1 aliphatic carbocycles. The van der Waals surface area contributed by atoms with Crippen molar-refractivity contribution in [2.45, 2.75) is 64.0 Å². The van der Waals surface area contributed by atoms with E-state index in [4.69, 9.17) is 11.6 Å². The molecule has 0 saturated heterocycles. The van der Waals surface area contributed by atoms with E-state index in [1.165, 1.54) is 50.5 Å². The molecule has 0 spiro atoms. The highest BCUT2D eigenvalue weighted by atomic mass is 79.9. The minimum absolute atomic E-state index is 0.324. The molecule has 0 aromatic heterocycles. The van der Waals surface area contributed by atoms with Crippen LogP contribution >= 0.6 is 27.5 Å². The van der Waals surface area contributed by atoms with Gasteiger partial charge in [0.05, 0.1) is 0 Å². The van der Waals surface area contributed by atoms with E-state index in [2.05, 4.69) is 40.3 Å². The Hall–Kier alpha value is -0.0500. The van der Waals surface area contributed by atoms with Gasteiger partial charge in [0.15, 0.2) is 0 Å². The van der Waals surface area contributed by atoms with Gasteiger partial charge < -0.3 is 5.32 Å². The zero-order chi connectivity index (χ0) is 13.7. The first kappa shape index (κ1) is 15.3. The van der Waals surface area contributed by atoms with Crippen LogP contribution in [0.5, 0.6) is 0 Å². The fraction of sp³-hybridized carbons (Fsp3) is 0.625. The Labute approximate surface area is 130 Å². The van der Waals surface area contributed by atoms with E-state index in [0.717, 1.165) is 9.50 Å². The van der Waals surface area contributed by atoms with Gasteiger partial charge in [0.2, 0.25) is 0 Å². The molecule has 1 N–H and O–H groups in total. The molecular weight excluding hydrogens is 322 g/mol. The summed E-state index contributed by atoms with van der Waals surface area (Å²) in [5.41, 5.74) is 1.20. The molecular formula is C16H23BrClN. The van der Waals surface area contributed by atoms with Gasteiger partial charge in [0.1, 0.15) is 0 Å². The number of benzene rings is 1. The average molecular weight is 345 g/mol. The Morgan fingerprint density at radius 2 is 1.79 bits per heavy atom. The third kappa shape index (κ3) is 4.77. The molecule has 1 saturated carbocycles. The zero-order valence-electron chi connectivity index (χ0n) is 11.6. The summed E-state index contributed by atoms with van der Waals surface area (Å²) in [5, 5.41) is 4.61. The molecule has 1 nitrogen and oxygen atoms in total. The molecule has 1 fully saturated rings. The van der Waals surface area contributed by atoms with E-state index in [-0.39, 0.29) is 0 Å². The molecule has 1 atom stereocenters. The van der Waals surface area contributed by atoms with Crippen molar-refractivity contribution in [2.75, 3.05) is 0 Å². The molecule has 19 heavy (non-hydrogen) atoms. The number of rotatable bonds is 3. The molecule has 0 heterocycles. The van der Waals surface area contributed by atoms with E-state index in [1.54, 1.807) is 0 Å². The lowest BCUT2D eigenvalue weighted by Gasteiger charge is -2.26. The fourth-order valence-electron chi connectivity index (χ4n) is 2.92. The van der Waals surface area contributed by atoms with Gasteiger partial charge in [-0.1, -0.05) is 65.7 Å². The summed E-state index contributed by atoms with van der Waals surface area (Å²) in [6.45, 7) is 2.22. The van der Waals surface area contributed by atoms with E-state index in [9.17, 15) is 0 Å². The van der Waals surface area contributed by atoms with Crippen LogP contribution in [0.1, 0.15) is 63.5 Å². The average Bonchev–Trinajstić information content (AvgIpc) is 2.32. The second-order valence-corrected chi connectivity index (χ2v) is 6.92. The van der Waals surface area contributed by atoms with Gasteiger partial charge in [-0.15, -0.1) is 0 Å². The Kier molecular flexibility index (Phi) is 6.18. The van der Waals surface area contributed by atoms with Crippen LogP contribution < -0.4 is 5.32 Å². The first-order valence-electron chi connectivity index (χ1n) is 7.38. The predicted molar refractivity (Wildman–Crippen MR) is 86.8 cm³/mol. The predicted octanol–water partition coefficient (Wildman–Crippen LogP) is 5.87. The van der Waals surface area contributed by atoms with Gasteiger partial charge in [-0.2, -0.15) is 0 Å². The standard InChI is InChI=1S/C16H23BrClN/c1-12(15-10-9-13(17)11-16(15)18)19-14-7-5-3-2-4-6-8-14/h9-12,14,19H,2-8H2,1H3. The minimum Gasteiger partial charge on any atom is -0.307 e. The highest BCUT2D eigenvalue weighted by Gasteiger charge is 2.16. The molecule has 0 aliphatic heterocycles. The van der Waals surface area contributed by atoms with Crippen LogP contribution in [0.15, 0.2) is 22.7 Å². The van der Waals surface area contributed by atoms with Crippen molar-refractivity contribution in [3.8, 4) is 0 Å². The van der Waals surface area contributed by atoms with Crippen LogP contribution in [0.4, 0.5) is 0 Å². The molecule has 0 amide bonds. The summed E-state index contributed by atoms with van der Waals surface area (Å²) < 4.78 is 1.04. The molecule has 106 valence electrons. The summed E-state index contributed by atoms with van der Waals surface area (Å²) in [7, 11) is 0. The molecule has 1 aromatic carbocycles. The van der Waals surface area contributed by atoms with Crippen LogP contribution in [0.25, 0.3) is 0 Å². The van der Waals surface area contributed by atoms with Gasteiger partial charge >= 0.3 is 0 Å². The van der Waals surface area contributed by atoms with E-state index < -0.39 is 0 Å². The van der Waals surface area contributed by atoms with Gasteiger partial charge in [-0.25, -0.2) is 0 Å². The van der Waals surface area contributed by atoms with Crippen molar-refractivity contribution in [1.29, 1.82) is 0 Å². The maximum absolute atomic E-state index is 6.33. The molecule has 3 heteroatoms. The smallest absolute Gasteiger partial charge is 0.0464 e. The fourth-order valence-corrected chi connectivity index (χ4v) is 3.76. The molecule has 2 rings (SSSR count). The molecule has 1 unspecified atom stereocenters. The second-order valence-electron chi connectivity index (χ2n) is 5.60. The Morgan fingerprint density at radius 1 is 1.16 bits per heavy atom. The van der Waals surface area contributed by atoms with Crippen molar-refractivity contribution in [2.24, 2.45) is 0 Å². The largest absolute Gasteiger partial charge is 0.307 e. The van der Waals surface area contributed by atoms with Crippen molar-refractivity contribution < 1.29 is 0 Å². The zero-order valence-corrected chi connectivity index (χ0v) is 13.9. The number of nitrogens with one attached hydrogen (secondary N) is 1. The Morgan fingerprint density at radius 3 is 2.42 bits per heavy atom. The normalized spacial score (nSPS) is 19.7. The molecule has 0 radical (unpaired) electrons. The van der Waals surface area contributed by atoms with Crippen LogP contribution in [0.3, 0.4) is 0 Å². The highest BCUT2D eigenvalue weighted by Crippen LogP contribution is 2.28. The van der Waals surface area contributed by atoms with Gasteiger partial charge in [0, 0.05) is 21.6 Å². The molecule has 1 aromatic rings. The lowest BCUT2D eigenvalue weighted by molar-refractivity contribution is 0.363. The first-order valence-corrected chi connectivity index (χ1v) is 8.55. The third-order valence-electron chi connectivity index (χ3n) is 4.02. The van der Waals surface area contributed by atoms with Crippen molar-refractivity contribution in [1.82, 2.24) is 5.32 Å². The quantitative estimate of drug-likeness (QED) is 0.723. The second kappa shape index (κ2) is 7.66. The maximum atomic E-state index is 6.33. The highest BCUT2D eigenvalue weighted by molar-refractivity contribution is 9.10. The Balaban J connectivity index is 1.96. The summed E-state index contributed by atoms with van der Waals surface area (Å²) in [5.74, 6) is 0. The summed E-state index contributed by atoms with van der Waals surface area (Å²) in [6, 6.07) is 7.14. The van der Waals surface area contributed by atoms with Crippen LogP contribution in [-0.4, -0.2) is 6.04 Å². The lowest BCUT2D eigenvalue weighted by atomic mass is 9.95. The van der Waals surface area contributed by atoms with Gasteiger partial charge in [0.25, 0.3) is 0 Å². The van der Waals surface area contributed by atoms with Crippen molar-refractivity contribution in [3.05, 3.63) is 33.3 Å². The minimum atomic E-state index is 0.324. The van der Waals surface area contributed by atoms with Crippen LogP contribution in [0.2, 0.25) is 5.02 Å².